The number of hydrogen-bond donors (Lipinski definition) is 1. The van der Waals surface area contributed by atoms with Gasteiger partial charge in [-0.2, -0.15) is 0 Å². The van der Waals surface area contributed by atoms with Crippen LogP contribution in [0.25, 0.3) is 0 Å². The van der Waals surface area contributed by atoms with Crippen molar-refractivity contribution in [2.75, 3.05) is 26.7 Å². The standard InChI is InChI=1S/C14H23N3O/c1-3-15-10-12-11-16-7-4-14(12)18-13-5-8-17(2)9-6-13/h4,7,11,13,15H,3,5-6,8-10H2,1-2H3. The third-order valence-electron chi connectivity index (χ3n) is 3.38. The predicted molar refractivity (Wildman–Crippen MR) is 72.8 cm³/mol. The molecule has 0 spiro atoms. The van der Waals surface area contributed by atoms with E-state index in [0.29, 0.717) is 6.10 Å². The Labute approximate surface area is 109 Å². The molecule has 1 N–H and O–H groups in total. The summed E-state index contributed by atoms with van der Waals surface area (Å²) in [4.78, 5) is 6.53. The summed E-state index contributed by atoms with van der Waals surface area (Å²) in [6.07, 6.45) is 6.27. The van der Waals surface area contributed by atoms with Crippen molar-refractivity contribution in [3.05, 3.63) is 24.0 Å². The number of hydrogen-bond acceptors (Lipinski definition) is 4. The van der Waals surface area contributed by atoms with Crippen LogP contribution in [-0.2, 0) is 6.54 Å². The summed E-state index contributed by atoms with van der Waals surface area (Å²) in [7, 11) is 2.17. The molecule has 100 valence electrons. The quantitative estimate of drug-likeness (QED) is 0.861. The van der Waals surface area contributed by atoms with Gasteiger partial charge in [0.05, 0.1) is 0 Å². The van der Waals surface area contributed by atoms with Crippen molar-refractivity contribution < 1.29 is 4.74 Å². The van der Waals surface area contributed by atoms with E-state index in [-0.39, 0.29) is 0 Å². The molecule has 1 aliphatic heterocycles. The molecule has 18 heavy (non-hydrogen) atoms. The number of rotatable bonds is 5. The lowest BCUT2D eigenvalue weighted by Gasteiger charge is -2.29. The van der Waals surface area contributed by atoms with E-state index >= 15 is 0 Å². The van der Waals surface area contributed by atoms with Gasteiger partial charge in [0, 0.05) is 37.6 Å². The minimum atomic E-state index is 0.351. The molecule has 1 aromatic heterocycles. The number of pyridine rings is 1. The summed E-state index contributed by atoms with van der Waals surface area (Å²) in [6.45, 7) is 6.14. The van der Waals surface area contributed by atoms with Gasteiger partial charge in [0.1, 0.15) is 11.9 Å². The Kier molecular flexibility index (Phi) is 4.96. The highest BCUT2D eigenvalue weighted by atomic mass is 16.5. The van der Waals surface area contributed by atoms with Crippen LogP contribution in [0, 0.1) is 0 Å². The van der Waals surface area contributed by atoms with Crippen molar-refractivity contribution in [3.8, 4) is 5.75 Å². The summed E-state index contributed by atoms with van der Waals surface area (Å²) >= 11 is 0. The molecular weight excluding hydrogens is 226 g/mol. The first-order valence-electron chi connectivity index (χ1n) is 6.78. The van der Waals surface area contributed by atoms with Crippen LogP contribution in [0.1, 0.15) is 25.3 Å². The Hall–Kier alpha value is -1.13. The minimum Gasteiger partial charge on any atom is -0.490 e. The molecule has 0 unspecified atom stereocenters. The average Bonchev–Trinajstić information content (AvgIpc) is 2.40. The van der Waals surface area contributed by atoms with E-state index in [4.69, 9.17) is 4.74 Å². The van der Waals surface area contributed by atoms with Gasteiger partial charge in [-0.3, -0.25) is 4.98 Å². The van der Waals surface area contributed by atoms with E-state index in [1.54, 1.807) is 6.20 Å². The van der Waals surface area contributed by atoms with Crippen LogP contribution in [-0.4, -0.2) is 42.7 Å². The Morgan fingerprint density at radius 2 is 2.22 bits per heavy atom. The highest BCUT2D eigenvalue weighted by molar-refractivity contribution is 5.30. The first-order chi connectivity index (χ1) is 8.79. The van der Waals surface area contributed by atoms with Gasteiger partial charge in [0.15, 0.2) is 0 Å². The van der Waals surface area contributed by atoms with Gasteiger partial charge in [-0.15, -0.1) is 0 Å². The van der Waals surface area contributed by atoms with Crippen molar-refractivity contribution >= 4 is 0 Å². The van der Waals surface area contributed by atoms with E-state index in [1.807, 2.05) is 12.3 Å². The lowest BCUT2D eigenvalue weighted by atomic mass is 10.1. The second-order valence-electron chi connectivity index (χ2n) is 4.88. The van der Waals surface area contributed by atoms with Gasteiger partial charge in [-0.05, 0) is 32.5 Å². The lowest BCUT2D eigenvalue weighted by molar-refractivity contribution is 0.113. The molecule has 0 radical (unpaired) electrons. The first kappa shape index (κ1) is 13.3. The van der Waals surface area contributed by atoms with Crippen LogP contribution in [0.5, 0.6) is 5.75 Å². The van der Waals surface area contributed by atoms with Gasteiger partial charge in [-0.1, -0.05) is 6.92 Å². The maximum Gasteiger partial charge on any atom is 0.127 e. The van der Waals surface area contributed by atoms with Crippen molar-refractivity contribution in [1.82, 2.24) is 15.2 Å². The number of nitrogens with zero attached hydrogens (tertiary/aromatic N) is 2. The Morgan fingerprint density at radius 3 is 2.94 bits per heavy atom. The van der Waals surface area contributed by atoms with Crippen LogP contribution in [0.4, 0.5) is 0 Å². The van der Waals surface area contributed by atoms with Crippen molar-refractivity contribution in [2.45, 2.75) is 32.4 Å². The number of ether oxygens (including phenoxy) is 1. The fraction of sp³-hybridized carbons (Fsp3) is 0.643. The van der Waals surface area contributed by atoms with Crippen LogP contribution in [0.15, 0.2) is 18.5 Å². The summed E-state index contributed by atoms with van der Waals surface area (Å²) in [6, 6.07) is 1.98. The molecule has 1 aromatic rings. The predicted octanol–water partition coefficient (Wildman–Crippen LogP) is 1.66. The number of nitrogens with one attached hydrogen (secondary N) is 1. The molecule has 0 aliphatic carbocycles. The number of likely N-dealkylation sites (tertiary alicyclic amines) is 1. The maximum atomic E-state index is 6.13. The molecule has 4 heteroatoms. The molecule has 0 saturated carbocycles. The first-order valence-corrected chi connectivity index (χ1v) is 6.78. The van der Waals surface area contributed by atoms with Gasteiger partial charge in [0.2, 0.25) is 0 Å². The second kappa shape index (κ2) is 6.71. The smallest absolute Gasteiger partial charge is 0.127 e. The Balaban J connectivity index is 1.95. The zero-order chi connectivity index (χ0) is 12.8. The summed E-state index contributed by atoms with van der Waals surface area (Å²) in [5.74, 6) is 0.987. The summed E-state index contributed by atoms with van der Waals surface area (Å²) in [5.41, 5.74) is 1.15. The molecule has 1 saturated heterocycles. The van der Waals surface area contributed by atoms with Gasteiger partial charge in [-0.25, -0.2) is 0 Å². The number of piperidine rings is 1. The topological polar surface area (TPSA) is 37.4 Å². The Bertz CT molecular complexity index is 362. The lowest BCUT2D eigenvalue weighted by Crippen LogP contribution is -2.35. The monoisotopic (exact) mass is 249 g/mol. The maximum absolute atomic E-state index is 6.13. The highest BCUT2D eigenvalue weighted by Gasteiger charge is 2.18. The molecule has 0 bridgehead atoms. The fourth-order valence-corrected chi connectivity index (χ4v) is 2.20. The molecule has 0 amide bonds. The third kappa shape index (κ3) is 3.68. The highest BCUT2D eigenvalue weighted by Crippen LogP contribution is 2.21. The van der Waals surface area contributed by atoms with E-state index in [0.717, 1.165) is 50.3 Å². The van der Waals surface area contributed by atoms with Crippen LogP contribution in [0.3, 0.4) is 0 Å². The molecule has 0 aromatic carbocycles. The van der Waals surface area contributed by atoms with Gasteiger partial charge < -0.3 is 15.0 Å². The van der Waals surface area contributed by atoms with Gasteiger partial charge in [0.25, 0.3) is 0 Å². The molecular formula is C14H23N3O. The van der Waals surface area contributed by atoms with E-state index in [2.05, 4.69) is 29.2 Å². The zero-order valence-electron chi connectivity index (χ0n) is 11.4. The minimum absolute atomic E-state index is 0.351. The van der Waals surface area contributed by atoms with Crippen molar-refractivity contribution in [2.24, 2.45) is 0 Å². The molecule has 4 nitrogen and oxygen atoms in total. The second-order valence-corrected chi connectivity index (χ2v) is 4.88. The molecule has 2 rings (SSSR count). The SMILES string of the molecule is CCNCc1cnccc1OC1CCN(C)CC1. The van der Waals surface area contributed by atoms with Crippen LogP contribution in [0.2, 0.25) is 0 Å². The Morgan fingerprint density at radius 1 is 1.44 bits per heavy atom. The molecule has 2 heterocycles. The normalized spacial score (nSPS) is 17.9. The van der Waals surface area contributed by atoms with E-state index < -0.39 is 0 Å². The van der Waals surface area contributed by atoms with E-state index in [9.17, 15) is 0 Å². The summed E-state index contributed by atoms with van der Waals surface area (Å²) < 4.78 is 6.13. The molecule has 0 atom stereocenters. The van der Waals surface area contributed by atoms with Crippen LogP contribution < -0.4 is 10.1 Å². The zero-order valence-corrected chi connectivity index (χ0v) is 11.4. The largest absolute Gasteiger partial charge is 0.490 e. The van der Waals surface area contributed by atoms with Crippen molar-refractivity contribution in [3.63, 3.8) is 0 Å². The average molecular weight is 249 g/mol. The molecule has 1 aliphatic rings. The van der Waals surface area contributed by atoms with E-state index in [1.165, 1.54) is 0 Å². The third-order valence-corrected chi connectivity index (χ3v) is 3.38. The molecule has 1 fully saturated rings. The fourth-order valence-electron chi connectivity index (χ4n) is 2.20. The van der Waals surface area contributed by atoms with Crippen LogP contribution >= 0.6 is 0 Å². The van der Waals surface area contributed by atoms with Crippen molar-refractivity contribution in [1.29, 1.82) is 0 Å². The van der Waals surface area contributed by atoms with Gasteiger partial charge >= 0.3 is 0 Å². The summed E-state index contributed by atoms with van der Waals surface area (Å²) in [5, 5.41) is 3.32. The number of aromatic nitrogens is 1.